The van der Waals surface area contributed by atoms with E-state index in [1.54, 1.807) is 11.3 Å². The van der Waals surface area contributed by atoms with E-state index in [2.05, 4.69) is 53.5 Å². The zero-order chi connectivity index (χ0) is 19.3. The van der Waals surface area contributed by atoms with Crippen LogP contribution in [0.2, 0.25) is 0 Å². The molecule has 1 aromatic carbocycles. The van der Waals surface area contributed by atoms with E-state index in [1.807, 2.05) is 4.90 Å². The standard InChI is InChI=1S/C22H23N3O2S/c1-14-4-3-5-18(15(14)2)24-9-11-25(12-10-24)22(26)20-17-6-7-19-16(8-13-28-19)21(17)27-23-20/h3-5,8,13H,6-7,9-12H2,1-2H3. The molecule has 3 heterocycles. The molecule has 1 aliphatic carbocycles. The number of aromatic nitrogens is 1. The van der Waals surface area contributed by atoms with Gasteiger partial charge in [0.15, 0.2) is 11.5 Å². The van der Waals surface area contributed by atoms with Gasteiger partial charge in [0, 0.05) is 47.9 Å². The van der Waals surface area contributed by atoms with Gasteiger partial charge in [-0.2, -0.15) is 0 Å². The number of nitrogens with zero attached hydrogens (tertiary/aromatic N) is 3. The third kappa shape index (κ3) is 2.75. The molecule has 144 valence electrons. The van der Waals surface area contributed by atoms with Gasteiger partial charge in [-0.3, -0.25) is 4.79 Å². The minimum atomic E-state index is 0.00398. The lowest BCUT2D eigenvalue weighted by Gasteiger charge is -2.36. The molecule has 1 fully saturated rings. The van der Waals surface area contributed by atoms with Gasteiger partial charge >= 0.3 is 0 Å². The summed E-state index contributed by atoms with van der Waals surface area (Å²) in [6.07, 6.45) is 1.79. The van der Waals surface area contributed by atoms with Crippen molar-refractivity contribution in [1.29, 1.82) is 0 Å². The molecule has 5 nitrogen and oxygen atoms in total. The Labute approximate surface area is 168 Å². The fraction of sp³-hybridized carbons (Fsp3) is 0.364. The van der Waals surface area contributed by atoms with E-state index in [1.165, 1.54) is 21.7 Å². The maximum Gasteiger partial charge on any atom is 0.276 e. The van der Waals surface area contributed by atoms with Crippen molar-refractivity contribution in [1.82, 2.24) is 10.1 Å². The Morgan fingerprint density at radius 2 is 1.93 bits per heavy atom. The number of carbonyl (C=O) groups excluding carboxylic acids is 1. The lowest BCUT2D eigenvalue weighted by atomic mass is 9.95. The molecule has 0 bridgehead atoms. The number of aryl methyl sites for hydroxylation is 2. The van der Waals surface area contributed by atoms with E-state index in [0.29, 0.717) is 18.8 Å². The normalized spacial score (nSPS) is 16.1. The van der Waals surface area contributed by atoms with E-state index < -0.39 is 0 Å². The lowest BCUT2D eigenvalue weighted by molar-refractivity contribution is 0.0735. The molecule has 1 aliphatic heterocycles. The highest BCUT2D eigenvalue weighted by Gasteiger charge is 2.32. The van der Waals surface area contributed by atoms with Gasteiger partial charge < -0.3 is 14.3 Å². The first kappa shape index (κ1) is 17.5. The Morgan fingerprint density at radius 1 is 1.11 bits per heavy atom. The number of carbonyl (C=O) groups is 1. The molecule has 0 spiro atoms. The molecule has 0 N–H and O–H groups in total. The van der Waals surface area contributed by atoms with E-state index >= 15 is 0 Å². The second kappa shape index (κ2) is 6.78. The third-order valence-corrected chi connectivity index (χ3v) is 7.05. The summed E-state index contributed by atoms with van der Waals surface area (Å²) in [5.41, 5.74) is 6.49. The molecular formula is C22H23N3O2S. The first-order chi connectivity index (χ1) is 13.6. The van der Waals surface area contributed by atoms with Crippen LogP contribution < -0.4 is 4.90 Å². The molecule has 2 aliphatic rings. The molecule has 0 saturated carbocycles. The summed E-state index contributed by atoms with van der Waals surface area (Å²) < 4.78 is 5.60. The Kier molecular flexibility index (Phi) is 4.23. The fourth-order valence-corrected chi connectivity index (χ4v) is 5.15. The number of thiophene rings is 1. The van der Waals surface area contributed by atoms with Crippen LogP contribution in [0.1, 0.15) is 32.1 Å². The zero-order valence-electron chi connectivity index (χ0n) is 16.2. The minimum Gasteiger partial charge on any atom is -0.368 e. The van der Waals surface area contributed by atoms with Crippen molar-refractivity contribution in [2.45, 2.75) is 26.7 Å². The fourth-order valence-electron chi connectivity index (χ4n) is 4.27. The van der Waals surface area contributed by atoms with Gasteiger partial charge in [0.25, 0.3) is 5.91 Å². The van der Waals surface area contributed by atoms with Crippen LogP contribution in [0.15, 0.2) is 34.2 Å². The Balaban J connectivity index is 1.33. The number of hydrogen-bond acceptors (Lipinski definition) is 5. The molecule has 0 unspecified atom stereocenters. The highest BCUT2D eigenvalue weighted by Crippen LogP contribution is 2.38. The monoisotopic (exact) mass is 393 g/mol. The van der Waals surface area contributed by atoms with Crippen molar-refractivity contribution < 1.29 is 9.32 Å². The average molecular weight is 394 g/mol. The summed E-state index contributed by atoms with van der Waals surface area (Å²) in [5, 5.41) is 6.26. The molecule has 3 aromatic rings. The molecule has 1 saturated heterocycles. The van der Waals surface area contributed by atoms with E-state index in [-0.39, 0.29) is 5.91 Å². The van der Waals surface area contributed by atoms with Gasteiger partial charge in [-0.15, -0.1) is 11.3 Å². The molecule has 2 aromatic heterocycles. The second-order valence-electron chi connectivity index (χ2n) is 7.59. The molecule has 0 radical (unpaired) electrons. The first-order valence-electron chi connectivity index (χ1n) is 9.79. The molecule has 1 amide bonds. The quantitative estimate of drug-likeness (QED) is 0.658. The molecule has 0 atom stereocenters. The number of anilines is 1. The SMILES string of the molecule is Cc1cccc(N2CCN(C(=O)c3noc4c3CCc3sccc3-4)CC2)c1C. The first-order valence-corrected chi connectivity index (χ1v) is 10.7. The van der Waals surface area contributed by atoms with Crippen LogP contribution in [0.3, 0.4) is 0 Å². The van der Waals surface area contributed by atoms with E-state index in [4.69, 9.17) is 4.52 Å². The second-order valence-corrected chi connectivity index (χ2v) is 8.60. The summed E-state index contributed by atoms with van der Waals surface area (Å²) in [7, 11) is 0. The summed E-state index contributed by atoms with van der Waals surface area (Å²) >= 11 is 1.75. The molecule has 28 heavy (non-hydrogen) atoms. The Bertz CT molecular complexity index is 1040. The largest absolute Gasteiger partial charge is 0.368 e. The van der Waals surface area contributed by atoms with Crippen LogP contribution in [0.25, 0.3) is 11.3 Å². The van der Waals surface area contributed by atoms with Crippen LogP contribution in [-0.2, 0) is 12.8 Å². The van der Waals surface area contributed by atoms with Crippen molar-refractivity contribution in [3.63, 3.8) is 0 Å². The Morgan fingerprint density at radius 3 is 2.75 bits per heavy atom. The number of piperazine rings is 1. The summed E-state index contributed by atoms with van der Waals surface area (Å²) in [5.74, 6) is 0.796. The minimum absolute atomic E-state index is 0.00398. The van der Waals surface area contributed by atoms with Gasteiger partial charge in [-0.1, -0.05) is 17.3 Å². The van der Waals surface area contributed by atoms with Gasteiger partial charge in [0.2, 0.25) is 0 Å². The number of hydrogen-bond donors (Lipinski definition) is 0. The van der Waals surface area contributed by atoms with Crippen LogP contribution >= 0.6 is 11.3 Å². The smallest absolute Gasteiger partial charge is 0.276 e. The van der Waals surface area contributed by atoms with Gasteiger partial charge in [-0.05, 0) is 55.3 Å². The lowest BCUT2D eigenvalue weighted by Crippen LogP contribution is -2.49. The average Bonchev–Trinajstić information content (AvgIpc) is 3.36. The number of amides is 1. The molecule has 6 heteroatoms. The van der Waals surface area contributed by atoms with Gasteiger partial charge in [0.05, 0.1) is 0 Å². The Hall–Kier alpha value is -2.60. The summed E-state index contributed by atoms with van der Waals surface area (Å²) in [6.45, 7) is 7.40. The van der Waals surface area contributed by atoms with Crippen LogP contribution in [0.5, 0.6) is 0 Å². The third-order valence-electron chi connectivity index (χ3n) is 6.07. The predicted molar refractivity (Wildman–Crippen MR) is 111 cm³/mol. The van der Waals surface area contributed by atoms with Crippen LogP contribution in [0.4, 0.5) is 5.69 Å². The summed E-state index contributed by atoms with van der Waals surface area (Å²) in [6, 6.07) is 8.49. The molecular weight excluding hydrogens is 370 g/mol. The topological polar surface area (TPSA) is 49.6 Å². The van der Waals surface area contributed by atoms with Crippen molar-refractivity contribution in [3.05, 3.63) is 56.9 Å². The highest BCUT2D eigenvalue weighted by atomic mass is 32.1. The summed E-state index contributed by atoms with van der Waals surface area (Å²) in [4.78, 5) is 18.8. The maximum atomic E-state index is 13.1. The van der Waals surface area contributed by atoms with Gasteiger partial charge in [-0.25, -0.2) is 0 Å². The van der Waals surface area contributed by atoms with E-state index in [0.717, 1.165) is 42.8 Å². The van der Waals surface area contributed by atoms with Crippen molar-refractivity contribution in [3.8, 4) is 11.3 Å². The van der Waals surface area contributed by atoms with E-state index in [9.17, 15) is 4.79 Å². The zero-order valence-corrected chi connectivity index (χ0v) is 17.0. The van der Waals surface area contributed by atoms with Crippen LogP contribution in [0, 0.1) is 13.8 Å². The van der Waals surface area contributed by atoms with Crippen molar-refractivity contribution in [2.24, 2.45) is 0 Å². The van der Waals surface area contributed by atoms with Crippen molar-refractivity contribution in [2.75, 3.05) is 31.1 Å². The van der Waals surface area contributed by atoms with Gasteiger partial charge in [0.1, 0.15) is 0 Å². The van der Waals surface area contributed by atoms with Crippen molar-refractivity contribution >= 4 is 22.9 Å². The maximum absolute atomic E-state index is 13.1. The van der Waals surface area contributed by atoms with Crippen LogP contribution in [-0.4, -0.2) is 42.1 Å². The number of rotatable bonds is 2. The molecule has 5 rings (SSSR count). The predicted octanol–water partition coefficient (Wildman–Crippen LogP) is 4.08. The highest BCUT2D eigenvalue weighted by molar-refractivity contribution is 7.10. The number of fused-ring (bicyclic) bond motifs is 3. The number of benzene rings is 1.